The molecular weight excluding hydrogens is 414 g/mol. The number of pyridine rings is 1. The third-order valence-electron chi connectivity index (χ3n) is 6.26. The van der Waals surface area contributed by atoms with E-state index < -0.39 is 0 Å². The number of rotatable bonds is 4. The van der Waals surface area contributed by atoms with Crippen LogP contribution in [0.5, 0.6) is 0 Å². The van der Waals surface area contributed by atoms with Crippen molar-refractivity contribution in [2.24, 2.45) is 0 Å². The number of hydrogen-bond donors (Lipinski definition) is 0. The van der Waals surface area contributed by atoms with Crippen LogP contribution >= 0.6 is 0 Å². The molecule has 6 rings (SSSR count). The Morgan fingerprint density at radius 1 is 0.939 bits per heavy atom. The lowest BCUT2D eigenvalue weighted by atomic mass is 10.1. The number of hydrogen-bond acceptors (Lipinski definition) is 5. The third kappa shape index (κ3) is 3.60. The molecule has 33 heavy (non-hydrogen) atoms. The van der Waals surface area contributed by atoms with Crippen LogP contribution in [0.3, 0.4) is 0 Å². The second-order valence-corrected chi connectivity index (χ2v) is 8.43. The normalized spacial score (nSPS) is 16.4. The van der Waals surface area contributed by atoms with Crippen LogP contribution < -0.4 is 5.56 Å². The standard InChI is InChI=1S/C26H23N5O2/c32-26-25-24(29-31(26)21-6-4-14-33-17-21)22-7-1-2-8-23(22)30(28-25)16-18-9-11-19(12-10-18)20-5-3-13-27-15-20/h1-3,5,7-13,15,21H,4,6,14,16-17H2. The lowest BCUT2D eigenvalue weighted by molar-refractivity contribution is 0.0540. The molecule has 0 bridgehead atoms. The highest BCUT2D eigenvalue weighted by Gasteiger charge is 2.26. The van der Waals surface area contributed by atoms with Crippen molar-refractivity contribution in [2.45, 2.75) is 25.4 Å². The number of fused-ring (bicyclic) bond motifs is 3. The van der Waals surface area contributed by atoms with Crippen LogP contribution in [0, 0.1) is 0 Å². The first-order valence-electron chi connectivity index (χ1n) is 11.2. The molecular formula is C26H23N5O2. The monoisotopic (exact) mass is 437 g/mol. The van der Waals surface area contributed by atoms with Crippen molar-refractivity contribution in [3.63, 3.8) is 0 Å². The van der Waals surface area contributed by atoms with Gasteiger partial charge in [0.1, 0.15) is 5.69 Å². The Morgan fingerprint density at radius 3 is 2.61 bits per heavy atom. The molecule has 0 saturated carbocycles. The van der Waals surface area contributed by atoms with Crippen molar-refractivity contribution >= 4 is 10.9 Å². The zero-order valence-electron chi connectivity index (χ0n) is 18.1. The summed E-state index contributed by atoms with van der Waals surface area (Å²) >= 11 is 0. The van der Waals surface area contributed by atoms with Crippen LogP contribution in [-0.4, -0.2) is 37.8 Å². The van der Waals surface area contributed by atoms with Crippen molar-refractivity contribution in [1.29, 1.82) is 0 Å². The fraction of sp³-hybridized carbons (Fsp3) is 0.231. The van der Waals surface area contributed by atoms with Gasteiger partial charge in [0.2, 0.25) is 0 Å². The number of benzene rings is 2. The molecule has 164 valence electrons. The molecule has 1 atom stereocenters. The smallest absolute Gasteiger partial charge is 0.297 e. The Kier molecular flexibility index (Phi) is 4.96. The zero-order valence-corrected chi connectivity index (χ0v) is 18.1. The first kappa shape index (κ1) is 19.8. The fourth-order valence-electron chi connectivity index (χ4n) is 4.55. The molecule has 2 aromatic carbocycles. The molecule has 1 unspecified atom stereocenters. The van der Waals surface area contributed by atoms with Crippen molar-refractivity contribution in [3.05, 3.63) is 89.0 Å². The zero-order chi connectivity index (χ0) is 22.2. The molecule has 3 aliphatic heterocycles. The fourth-order valence-corrected chi connectivity index (χ4v) is 4.55. The molecule has 0 amide bonds. The SMILES string of the molecule is O=c1c2nn(Cc3ccc(-c4cccnc4)cc3)c3ccccc3c-2nn1C1CCCOC1. The maximum atomic E-state index is 13.2. The summed E-state index contributed by atoms with van der Waals surface area (Å²) in [6.07, 6.45) is 5.46. The third-order valence-corrected chi connectivity index (χ3v) is 6.26. The largest absolute Gasteiger partial charge is 0.379 e. The van der Waals surface area contributed by atoms with E-state index in [0.717, 1.165) is 47.0 Å². The van der Waals surface area contributed by atoms with Gasteiger partial charge in [0.25, 0.3) is 5.56 Å². The lowest BCUT2D eigenvalue weighted by Crippen LogP contribution is -2.29. The maximum absolute atomic E-state index is 13.2. The number of aromatic nitrogens is 5. The number of ether oxygens (including phenoxy) is 1. The van der Waals surface area contributed by atoms with Crippen LogP contribution in [0.4, 0.5) is 0 Å². The van der Waals surface area contributed by atoms with Crippen LogP contribution in [0.25, 0.3) is 33.4 Å². The average Bonchev–Trinajstić information content (AvgIpc) is 3.22. The topological polar surface area (TPSA) is 74.8 Å². The van der Waals surface area contributed by atoms with E-state index in [2.05, 4.69) is 29.2 Å². The summed E-state index contributed by atoms with van der Waals surface area (Å²) in [5.74, 6) is 0. The quantitative estimate of drug-likeness (QED) is 0.422. The molecule has 7 nitrogen and oxygen atoms in total. The van der Waals surface area contributed by atoms with E-state index >= 15 is 0 Å². The Hall–Kier alpha value is -3.84. The van der Waals surface area contributed by atoms with E-state index in [0.29, 0.717) is 24.5 Å². The molecule has 0 radical (unpaired) electrons. The van der Waals surface area contributed by atoms with E-state index in [1.165, 1.54) is 0 Å². The first-order valence-corrected chi connectivity index (χ1v) is 11.2. The Balaban J connectivity index is 1.41. The summed E-state index contributed by atoms with van der Waals surface area (Å²) in [4.78, 5) is 17.4. The highest BCUT2D eigenvalue weighted by molar-refractivity contribution is 5.92. The van der Waals surface area contributed by atoms with Gasteiger partial charge in [-0.25, -0.2) is 4.68 Å². The van der Waals surface area contributed by atoms with Gasteiger partial charge in [-0.1, -0.05) is 48.5 Å². The van der Waals surface area contributed by atoms with E-state index in [4.69, 9.17) is 14.9 Å². The van der Waals surface area contributed by atoms with E-state index in [1.54, 1.807) is 10.9 Å². The van der Waals surface area contributed by atoms with Gasteiger partial charge in [-0.05, 0) is 41.7 Å². The van der Waals surface area contributed by atoms with Gasteiger partial charge in [-0.3, -0.25) is 14.5 Å². The van der Waals surface area contributed by atoms with E-state index in [-0.39, 0.29) is 11.6 Å². The van der Waals surface area contributed by atoms with Gasteiger partial charge in [-0.2, -0.15) is 10.2 Å². The predicted octanol–water partition coefficient (Wildman–Crippen LogP) is 4.16. The summed E-state index contributed by atoms with van der Waals surface area (Å²) in [5.41, 5.74) is 5.17. The van der Waals surface area contributed by atoms with Gasteiger partial charge < -0.3 is 4.74 Å². The van der Waals surface area contributed by atoms with Crippen molar-refractivity contribution in [2.75, 3.05) is 13.2 Å². The summed E-state index contributed by atoms with van der Waals surface area (Å²) in [6, 6.07) is 20.3. The van der Waals surface area contributed by atoms with Crippen LogP contribution in [0.2, 0.25) is 0 Å². The summed E-state index contributed by atoms with van der Waals surface area (Å²) in [7, 11) is 0. The van der Waals surface area contributed by atoms with Gasteiger partial charge in [0.05, 0.1) is 24.7 Å². The minimum absolute atomic E-state index is 0.0346. The van der Waals surface area contributed by atoms with Crippen molar-refractivity contribution in [3.8, 4) is 22.5 Å². The highest BCUT2D eigenvalue weighted by atomic mass is 16.5. The second-order valence-electron chi connectivity index (χ2n) is 8.43. The molecule has 7 heteroatoms. The van der Waals surface area contributed by atoms with E-state index in [9.17, 15) is 4.79 Å². The maximum Gasteiger partial charge on any atom is 0.297 e. The second kappa shape index (κ2) is 8.26. The minimum Gasteiger partial charge on any atom is -0.379 e. The van der Waals surface area contributed by atoms with Crippen LogP contribution in [0.15, 0.2) is 77.9 Å². The van der Waals surface area contributed by atoms with Crippen LogP contribution in [0.1, 0.15) is 24.4 Å². The number of para-hydroxylation sites is 1. The summed E-state index contributed by atoms with van der Waals surface area (Å²) in [6.45, 7) is 1.82. The Bertz CT molecular complexity index is 1430. The number of nitrogens with zero attached hydrogens (tertiary/aromatic N) is 5. The minimum atomic E-state index is -0.146. The lowest BCUT2D eigenvalue weighted by Gasteiger charge is -2.21. The molecule has 1 fully saturated rings. The molecule has 3 aromatic rings. The highest BCUT2D eigenvalue weighted by Crippen LogP contribution is 2.28. The van der Waals surface area contributed by atoms with Crippen molar-refractivity contribution < 1.29 is 4.74 Å². The molecule has 1 aromatic heterocycles. The molecule has 3 aliphatic rings. The Labute approximate surface area is 190 Å². The van der Waals surface area contributed by atoms with Crippen LogP contribution in [-0.2, 0) is 11.3 Å². The molecule has 0 aliphatic carbocycles. The first-order chi connectivity index (χ1) is 16.3. The molecule has 0 N–H and O–H groups in total. The van der Waals surface area contributed by atoms with Gasteiger partial charge in [0, 0.05) is 24.4 Å². The van der Waals surface area contributed by atoms with Crippen molar-refractivity contribution in [1.82, 2.24) is 24.5 Å². The Morgan fingerprint density at radius 2 is 1.82 bits per heavy atom. The summed E-state index contributed by atoms with van der Waals surface area (Å²) < 4.78 is 9.07. The van der Waals surface area contributed by atoms with Gasteiger partial charge >= 0.3 is 0 Å². The molecule has 1 saturated heterocycles. The predicted molar refractivity (Wildman–Crippen MR) is 126 cm³/mol. The average molecular weight is 438 g/mol. The van der Waals surface area contributed by atoms with Gasteiger partial charge in [0.15, 0.2) is 5.69 Å². The van der Waals surface area contributed by atoms with Gasteiger partial charge in [-0.15, -0.1) is 0 Å². The molecule has 0 spiro atoms. The molecule has 4 heterocycles. The van der Waals surface area contributed by atoms with E-state index in [1.807, 2.05) is 47.3 Å². The summed E-state index contributed by atoms with van der Waals surface area (Å²) in [5, 5.41) is 10.4.